The number of esters is 1. The van der Waals surface area contributed by atoms with E-state index in [9.17, 15) is 10.1 Å². The van der Waals surface area contributed by atoms with E-state index in [1.165, 1.54) is 0 Å². The fourth-order valence-electron chi connectivity index (χ4n) is 3.01. The summed E-state index contributed by atoms with van der Waals surface area (Å²) >= 11 is 0. The number of hydrogen-bond donors (Lipinski definition) is 1. The molecule has 1 N–H and O–H groups in total. The van der Waals surface area contributed by atoms with Crippen LogP contribution in [0.15, 0.2) is 66.7 Å². The van der Waals surface area contributed by atoms with Gasteiger partial charge in [0, 0.05) is 5.56 Å². The molecule has 0 amide bonds. The molecular formula is C22H17N5O2. The Balaban J connectivity index is 1.73. The van der Waals surface area contributed by atoms with Crippen molar-refractivity contribution < 1.29 is 9.53 Å². The van der Waals surface area contributed by atoms with E-state index in [0.717, 1.165) is 11.3 Å². The van der Waals surface area contributed by atoms with Crippen molar-refractivity contribution in [1.29, 1.82) is 5.26 Å². The van der Waals surface area contributed by atoms with Gasteiger partial charge in [0.1, 0.15) is 6.07 Å². The number of anilines is 2. The molecule has 4 rings (SSSR count). The Bertz CT molecular complexity index is 1240. The molecule has 2 aromatic carbocycles. The molecule has 0 atom stereocenters. The van der Waals surface area contributed by atoms with Crippen LogP contribution in [0.2, 0.25) is 0 Å². The van der Waals surface area contributed by atoms with Crippen molar-refractivity contribution in [3.8, 4) is 17.3 Å². The first kappa shape index (κ1) is 18.2. The van der Waals surface area contributed by atoms with Crippen molar-refractivity contribution in [2.24, 2.45) is 0 Å². The Morgan fingerprint density at radius 3 is 2.79 bits per heavy atom. The first-order chi connectivity index (χ1) is 14.2. The van der Waals surface area contributed by atoms with E-state index in [2.05, 4.69) is 21.5 Å². The predicted octanol–water partition coefficient (Wildman–Crippen LogP) is 4.19. The normalized spacial score (nSPS) is 10.5. The lowest BCUT2D eigenvalue weighted by Gasteiger charge is -2.07. The Kier molecular flexibility index (Phi) is 4.91. The molecule has 0 saturated carbocycles. The van der Waals surface area contributed by atoms with Crippen molar-refractivity contribution in [1.82, 2.24) is 14.6 Å². The summed E-state index contributed by atoms with van der Waals surface area (Å²) in [7, 11) is 0. The molecule has 7 nitrogen and oxygen atoms in total. The molecule has 0 aliphatic heterocycles. The predicted molar refractivity (Wildman–Crippen MR) is 109 cm³/mol. The van der Waals surface area contributed by atoms with Crippen LogP contribution in [0.3, 0.4) is 0 Å². The van der Waals surface area contributed by atoms with Gasteiger partial charge in [-0.25, -0.2) is 9.31 Å². The molecule has 142 valence electrons. The smallest absolute Gasteiger partial charge is 0.338 e. The zero-order valence-corrected chi connectivity index (χ0v) is 15.7. The number of carbonyl (C=O) groups is 1. The van der Waals surface area contributed by atoms with E-state index in [-0.39, 0.29) is 5.97 Å². The summed E-state index contributed by atoms with van der Waals surface area (Å²) < 4.78 is 6.78. The number of benzene rings is 2. The quantitative estimate of drug-likeness (QED) is 0.520. The third kappa shape index (κ3) is 3.64. The minimum Gasteiger partial charge on any atom is -0.462 e. The van der Waals surface area contributed by atoms with Crippen LogP contribution in [0, 0.1) is 11.3 Å². The molecule has 0 bridgehead atoms. The summed E-state index contributed by atoms with van der Waals surface area (Å²) in [5.41, 5.74) is 3.85. The Morgan fingerprint density at radius 2 is 1.97 bits per heavy atom. The summed E-state index contributed by atoms with van der Waals surface area (Å²) in [6, 6.07) is 22.1. The van der Waals surface area contributed by atoms with Gasteiger partial charge in [-0.2, -0.15) is 10.2 Å². The first-order valence-corrected chi connectivity index (χ1v) is 9.09. The SMILES string of the molecule is CCOC(=O)c1cccc(-c2cccc3nc(Nc4ccccc4C#N)nn23)c1. The number of rotatable bonds is 5. The van der Waals surface area contributed by atoms with Gasteiger partial charge in [-0.3, -0.25) is 0 Å². The van der Waals surface area contributed by atoms with Crippen LogP contribution < -0.4 is 5.32 Å². The third-order valence-corrected chi connectivity index (χ3v) is 4.32. The number of fused-ring (bicyclic) bond motifs is 1. The van der Waals surface area contributed by atoms with Crippen LogP contribution in [0.4, 0.5) is 11.6 Å². The number of nitrogens with zero attached hydrogens (tertiary/aromatic N) is 4. The number of carbonyl (C=O) groups excluding carboxylic acids is 1. The third-order valence-electron chi connectivity index (χ3n) is 4.32. The van der Waals surface area contributed by atoms with E-state index in [1.807, 2.05) is 30.3 Å². The highest BCUT2D eigenvalue weighted by Crippen LogP contribution is 2.24. The molecule has 0 unspecified atom stereocenters. The van der Waals surface area contributed by atoms with Crippen molar-refractivity contribution in [3.63, 3.8) is 0 Å². The highest BCUT2D eigenvalue weighted by Gasteiger charge is 2.13. The fraction of sp³-hybridized carbons (Fsp3) is 0.0909. The second-order valence-electron chi connectivity index (χ2n) is 6.20. The molecule has 7 heteroatoms. The van der Waals surface area contributed by atoms with Gasteiger partial charge in [0.2, 0.25) is 5.95 Å². The van der Waals surface area contributed by atoms with Crippen LogP contribution in [0.1, 0.15) is 22.8 Å². The molecule has 4 aromatic rings. The van der Waals surface area contributed by atoms with Gasteiger partial charge in [-0.05, 0) is 43.3 Å². The maximum atomic E-state index is 12.1. The number of hydrogen-bond acceptors (Lipinski definition) is 6. The highest BCUT2D eigenvalue weighted by molar-refractivity contribution is 5.91. The minimum atomic E-state index is -0.365. The maximum Gasteiger partial charge on any atom is 0.338 e. The van der Waals surface area contributed by atoms with Crippen molar-refractivity contribution in [2.75, 3.05) is 11.9 Å². The van der Waals surface area contributed by atoms with E-state index < -0.39 is 0 Å². The second kappa shape index (κ2) is 7.82. The van der Waals surface area contributed by atoms with E-state index in [0.29, 0.717) is 35.0 Å². The number of nitriles is 1. The Labute approximate surface area is 167 Å². The van der Waals surface area contributed by atoms with Gasteiger partial charge in [-0.15, -0.1) is 5.10 Å². The monoisotopic (exact) mass is 383 g/mol. The molecule has 2 aromatic heterocycles. The molecule has 2 heterocycles. The number of aromatic nitrogens is 3. The van der Waals surface area contributed by atoms with Crippen molar-refractivity contribution in [3.05, 3.63) is 77.9 Å². The van der Waals surface area contributed by atoms with Gasteiger partial charge in [0.25, 0.3) is 0 Å². The van der Waals surface area contributed by atoms with Crippen molar-refractivity contribution >= 4 is 23.3 Å². The summed E-state index contributed by atoms with van der Waals surface area (Å²) in [5.74, 6) is 0.0114. The Morgan fingerprint density at radius 1 is 1.14 bits per heavy atom. The standard InChI is InChI=1S/C22H17N5O2/c1-2-29-21(28)16-9-5-8-15(13-16)19-11-6-12-20-25-22(26-27(19)20)24-18-10-4-3-7-17(18)14-23/h3-13H,2H2,1H3,(H,24,26). The maximum absolute atomic E-state index is 12.1. The largest absolute Gasteiger partial charge is 0.462 e. The van der Waals surface area contributed by atoms with Crippen LogP contribution in [-0.4, -0.2) is 27.2 Å². The van der Waals surface area contributed by atoms with Gasteiger partial charge in [-0.1, -0.05) is 30.3 Å². The zero-order chi connectivity index (χ0) is 20.2. The van der Waals surface area contributed by atoms with Crippen LogP contribution in [0.25, 0.3) is 16.9 Å². The van der Waals surface area contributed by atoms with Gasteiger partial charge in [0.05, 0.1) is 29.1 Å². The molecule has 0 aliphatic rings. The molecule has 29 heavy (non-hydrogen) atoms. The first-order valence-electron chi connectivity index (χ1n) is 9.09. The molecule has 0 aliphatic carbocycles. The average Bonchev–Trinajstić information content (AvgIpc) is 3.17. The second-order valence-corrected chi connectivity index (χ2v) is 6.20. The lowest BCUT2D eigenvalue weighted by molar-refractivity contribution is 0.0526. The molecule has 0 saturated heterocycles. The molecular weight excluding hydrogens is 366 g/mol. The lowest BCUT2D eigenvalue weighted by Crippen LogP contribution is -2.04. The Hall–Kier alpha value is -4.18. The van der Waals surface area contributed by atoms with Crippen molar-refractivity contribution in [2.45, 2.75) is 6.92 Å². The van der Waals surface area contributed by atoms with E-state index in [4.69, 9.17) is 4.74 Å². The number of para-hydroxylation sites is 1. The highest BCUT2D eigenvalue weighted by atomic mass is 16.5. The van der Waals surface area contributed by atoms with Gasteiger partial charge in [0.15, 0.2) is 5.65 Å². The zero-order valence-electron chi connectivity index (χ0n) is 15.7. The summed E-state index contributed by atoms with van der Waals surface area (Å²) in [5, 5.41) is 16.9. The summed E-state index contributed by atoms with van der Waals surface area (Å²) in [6.45, 7) is 2.10. The van der Waals surface area contributed by atoms with E-state index >= 15 is 0 Å². The minimum absolute atomic E-state index is 0.320. The number of pyridine rings is 1. The summed E-state index contributed by atoms with van der Waals surface area (Å²) in [4.78, 5) is 16.6. The topological polar surface area (TPSA) is 92.3 Å². The fourth-order valence-corrected chi connectivity index (χ4v) is 3.01. The molecule has 0 fully saturated rings. The van der Waals surface area contributed by atoms with Crippen LogP contribution in [0.5, 0.6) is 0 Å². The number of nitrogens with one attached hydrogen (secondary N) is 1. The average molecular weight is 383 g/mol. The summed E-state index contributed by atoms with van der Waals surface area (Å²) in [6.07, 6.45) is 0. The lowest BCUT2D eigenvalue weighted by atomic mass is 10.1. The molecule has 0 radical (unpaired) electrons. The number of ether oxygens (including phenoxy) is 1. The van der Waals surface area contributed by atoms with E-state index in [1.54, 1.807) is 47.8 Å². The van der Waals surface area contributed by atoms with Gasteiger partial charge >= 0.3 is 5.97 Å². The van der Waals surface area contributed by atoms with Crippen LogP contribution >= 0.6 is 0 Å². The van der Waals surface area contributed by atoms with Crippen LogP contribution in [-0.2, 0) is 4.74 Å². The van der Waals surface area contributed by atoms with Gasteiger partial charge < -0.3 is 10.1 Å². The molecule has 0 spiro atoms.